The number of aromatic carboxylic acids is 1. The Kier molecular flexibility index (Phi) is 6.31. The van der Waals surface area contributed by atoms with Crippen LogP contribution in [0.4, 0.5) is 0 Å². The smallest absolute Gasteiger partial charge is 0.355 e. The maximum Gasteiger partial charge on any atom is 0.355 e. The highest BCUT2D eigenvalue weighted by atomic mass is 32.1. The lowest BCUT2D eigenvalue weighted by atomic mass is 10.3. The van der Waals surface area contributed by atoms with Crippen LogP contribution in [0.15, 0.2) is 5.38 Å². The average molecular weight is 271 g/mol. The van der Waals surface area contributed by atoms with Crippen LogP contribution in [-0.2, 0) is 11.2 Å². The fraction of sp³-hybridized carbons (Fsp3) is 0.545. The van der Waals surface area contributed by atoms with Crippen molar-refractivity contribution in [3.05, 3.63) is 16.1 Å². The minimum absolute atomic E-state index is 0.0141. The lowest BCUT2D eigenvalue weighted by molar-refractivity contribution is -0.121. The Labute approximate surface area is 109 Å². The number of hydrogen-bond acceptors (Lipinski definition) is 5. The zero-order chi connectivity index (χ0) is 13.4. The summed E-state index contributed by atoms with van der Waals surface area (Å²) in [5.74, 6) is -1.01. The number of carbonyl (C=O) groups excluding carboxylic acids is 1. The normalized spacial score (nSPS) is 10.3. The van der Waals surface area contributed by atoms with E-state index in [0.717, 1.165) is 18.0 Å². The summed E-state index contributed by atoms with van der Waals surface area (Å²) in [6, 6.07) is 0. The molecule has 0 atom stereocenters. The number of hydrogen-bond donors (Lipinski definition) is 3. The average Bonchev–Trinajstić information content (AvgIpc) is 2.78. The predicted octanol–water partition coefficient (Wildman–Crippen LogP) is 0.500. The van der Waals surface area contributed by atoms with Crippen molar-refractivity contribution < 1.29 is 14.7 Å². The van der Waals surface area contributed by atoms with Crippen LogP contribution in [0.3, 0.4) is 0 Å². The Morgan fingerprint density at radius 3 is 2.83 bits per heavy atom. The van der Waals surface area contributed by atoms with Crippen molar-refractivity contribution in [3.8, 4) is 0 Å². The second-order valence-electron chi connectivity index (χ2n) is 3.74. The van der Waals surface area contributed by atoms with Crippen molar-refractivity contribution in [2.75, 3.05) is 20.1 Å². The first-order valence-electron chi connectivity index (χ1n) is 5.72. The van der Waals surface area contributed by atoms with Gasteiger partial charge in [0.15, 0.2) is 5.69 Å². The van der Waals surface area contributed by atoms with E-state index >= 15 is 0 Å². The summed E-state index contributed by atoms with van der Waals surface area (Å²) in [5.41, 5.74) is 0.0651. The summed E-state index contributed by atoms with van der Waals surface area (Å²) in [6.07, 6.45) is 1.87. The SMILES string of the molecule is CNCCCC(=O)NCCc1nc(C(=O)O)cs1. The molecule has 3 N–H and O–H groups in total. The van der Waals surface area contributed by atoms with Gasteiger partial charge in [0.2, 0.25) is 5.91 Å². The van der Waals surface area contributed by atoms with Crippen LogP contribution in [0.2, 0.25) is 0 Å². The molecule has 0 radical (unpaired) electrons. The number of thiazole rings is 1. The van der Waals surface area contributed by atoms with E-state index in [-0.39, 0.29) is 11.6 Å². The quantitative estimate of drug-likeness (QED) is 0.599. The number of carboxylic acid groups (broad SMARTS) is 1. The maximum absolute atomic E-state index is 11.4. The van der Waals surface area contributed by atoms with Crippen molar-refractivity contribution in [3.63, 3.8) is 0 Å². The predicted molar refractivity (Wildman–Crippen MR) is 68.9 cm³/mol. The van der Waals surface area contributed by atoms with Crippen molar-refractivity contribution >= 4 is 23.2 Å². The minimum Gasteiger partial charge on any atom is -0.476 e. The molecule has 1 amide bonds. The van der Waals surface area contributed by atoms with Gasteiger partial charge in [-0.3, -0.25) is 4.79 Å². The van der Waals surface area contributed by atoms with Gasteiger partial charge in [-0.2, -0.15) is 0 Å². The van der Waals surface area contributed by atoms with Gasteiger partial charge in [0.05, 0.1) is 5.01 Å². The monoisotopic (exact) mass is 271 g/mol. The molecule has 7 heteroatoms. The molecule has 0 spiro atoms. The molecular weight excluding hydrogens is 254 g/mol. The second kappa shape index (κ2) is 7.78. The van der Waals surface area contributed by atoms with Gasteiger partial charge >= 0.3 is 5.97 Å². The molecule has 0 aliphatic rings. The Bertz CT molecular complexity index is 406. The largest absolute Gasteiger partial charge is 0.476 e. The highest BCUT2D eigenvalue weighted by molar-refractivity contribution is 7.09. The number of rotatable bonds is 8. The molecule has 100 valence electrons. The van der Waals surface area contributed by atoms with Gasteiger partial charge in [0.1, 0.15) is 0 Å². The summed E-state index contributed by atoms with van der Waals surface area (Å²) in [6.45, 7) is 1.31. The molecule has 18 heavy (non-hydrogen) atoms. The lowest BCUT2D eigenvalue weighted by Crippen LogP contribution is -2.26. The fourth-order valence-electron chi connectivity index (χ4n) is 1.35. The van der Waals surface area contributed by atoms with Gasteiger partial charge < -0.3 is 15.7 Å². The molecule has 0 fully saturated rings. The molecule has 1 rings (SSSR count). The van der Waals surface area contributed by atoms with Gasteiger partial charge in [0.25, 0.3) is 0 Å². The maximum atomic E-state index is 11.4. The molecular formula is C11H17N3O3S. The summed E-state index contributed by atoms with van der Waals surface area (Å²) >= 11 is 1.30. The first-order chi connectivity index (χ1) is 8.63. The second-order valence-corrected chi connectivity index (χ2v) is 4.68. The molecule has 0 saturated heterocycles. The molecule has 0 aliphatic carbocycles. The van der Waals surface area contributed by atoms with Gasteiger partial charge in [-0.1, -0.05) is 0 Å². The van der Waals surface area contributed by atoms with Crippen LogP contribution in [-0.4, -0.2) is 42.1 Å². The van der Waals surface area contributed by atoms with Crippen molar-refractivity contribution in [2.45, 2.75) is 19.3 Å². The van der Waals surface area contributed by atoms with Crippen LogP contribution in [0.5, 0.6) is 0 Å². The fourth-order valence-corrected chi connectivity index (χ4v) is 2.12. The van der Waals surface area contributed by atoms with Crippen LogP contribution >= 0.6 is 11.3 Å². The Hall–Kier alpha value is -1.47. The van der Waals surface area contributed by atoms with Gasteiger partial charge in [-0.25, -0.2) is 9.78 Å². The molecule has 0 aliphatic heterocycles. The first-order valence-corrected chi connectivity index (χ1v) is 6.60. The van der Waals surface area contributed by atoms with E-state index in [0.29, 0.717) is 19.4 Å². The third kappa shape index (κ3) is 5.24. The Balaban J connectivity index is 2.20. The molecule has 0 aromatic carbocycles. The zero-order valence-electron chi connectivity index (χ0n) is 10.2. The van der Waals surface area contributed by atoms with E-state index in [1.54, 1.807) is 0 Å². The topological polar surface area (TPSA) is 91.3 Å². The number of aromatic nitrogens is 1. The van der Waals surface area contributed by atoms with Gasteiger partial charge in [0, 0.05) is 24.8 Å². The summed E-state index contributed by atoms with van der Waals surface area (Å²) < 4.78 is 0. The number of nitrogens with zero attached hydrogens (tertiary/aromatic N) is 1. The summed E-state index contributed by atoms with van der Waals surface area (Å²) in [7, 11) is 1.85. The molecule has 1 heterocycles. The van der Waals surface area contributed by atoms with Crippen LogP contribution in [0.1, 0.15) is 28.3 Å². The van der Waals surface area contributed by atoms with Gasteiger partial charge in [-0.15, -0.1) is 11.3 Å². The number of carbonyl (C=O) groups is 2. The van der Waals surface area contributed by atoms with E-state index in [1.807, 2.05) is 7.05 Å². The number of carboxylic acids is 1. The Morgan fingerprint density at radius 2 is 2.22 bits per heavy atom. The first kappa shape index (κ1) is 14.6. The van der Waals surface area contributed by atoms with E-state index in [1.165, 1.54) is 16.7 Å². The van der Waals surface area contributed by atoms with E-state index in [9.17, 15) is 9.59 Å². The number of nitrogens with one attached hydrogen (secondary N) is 2. The molecule has 0 unspecified atom stereocenters. The van der Waals surface area contributed by atoms with E-state index < -0.39 is 5.97 Å². The highest BCUT2D eigenvalue weighted by Gasteiger charge is 2.08. The summed E-state index contributed by atoms with van der Waals surface area (Å²) in [5, 5.41) is 16.7. The van der Waals surface area contributed by atoms with E-state index in [2.05, 4.69) is 15.6 Å². The zero-order valence-corrected chi connectivity index (χ0v) is 11.0. The third-order valence-corrected chi connectivity index (χ3v) is 3.17. The van der Waals surface area contributed by atoms with Crippen molar-refractivity contribution in [1.29, 1.82) is 0 Å². The van der Waals surface area contributed by atoms with Crippen molar-refractivity contribution in [1.82, 2.24) is 15.6 Å². The van der Waals surface area contributed by atoms with E-state index in [4.69, 9.17) is 5.11 Å². The minimum atomic E-state index is -1.02. The standard InChI is InChI=1S/C11H17N3O3S/c1-12-5-2-3-9(15)13-6-4-10-14-8(7-18-10)11(16)17/h7,12H,2-6H2,1H3,(H,13,15)(H,16,17). The Morgan fingerprint density at radius 1 is 1.44 bits per heavy atom. The summed E-state index contributed by atoms with van der Waals surface area (Å²) in [4.78, 5) is 25.9. The highest BCUT2D eigenvalue weighted by Crippen LogP contribution is 2.09. The van der Waals surface area contributed by atoms with Crippen LogP contribution in [0, 0.1) is 0 Å². The molecule has 0 bridgehead atoms. The molecule has 1 aromatic rings. The van der Waals surface area contributed by atoms with Crippen molar-refractivity contribution in [2.24, 2.45) is 0 Å². The third-order valence-electron chi connectivity index (χ3n) is 2.26. The molecule has 1 aromatic heterocycles. The van der Waals surface area contributed by atoms with Crippen LogP contribution in [0.25, 0.3) is 0 Å². The van der Waals surface area contributed by atoms with Gasteiger partial charge in [-0.05, 0) is 20.0 Å². The molecule has 0 saturated carbocycles. The lowest BCUT2D eigenvalue weighted by Gasteiger charge is -2.03. The number of amides is 1. The van der Waals surface area contributed by atoms with Crippen LogP contribution < -0.4 is 10.6 Å². The molecule has 6 nitrogen and oxygen atoms in total.